The van der Waals surface area contributed by atoms with E-state index in [0.29, 0.717) is 0 Å². The Bertz CT molecular complexity index is 492. The normalized spacial score (nSPS) is 12.1. The van der Waals surface area contributed by atoms with Gasteiger partial charge in [-0.2, -0.15) is 9.36 Å². The quantitative estimate of drug-likeness (QED) is 0.469. The van der Waals surface area contributed by atoms with E-state index in [9.17, 15) is 9.59 Å². The molecule has 0 amide bonds. The third-order valence-corrected chi connectivity index (χ3v) is 2.05. The van der Waals surface area contributed by atoms with E-state index in [4.69, 9.17) is 15.3 Å². The lowest BCUT2D eigenvalue weighted by atomic mass is 10.2. The van der Waals surface area contributed by atoms with Gasteiger partial charge >= 0.3 is 5.97 Å². The molecule has 1 aromatic heterocycles. The van der Waals surface area contributed by atoms with Crippen molar-refractivity contribution in [2.45, 2.75) is 26.4 Å². The fraction of sp³-hybridized carbons (Fsp3) is 0.500. The number of carbonyl (C=O) groups excluding carboxylic acids is 2. The van der Waals surface area contributed by atoms with Gasteiger partial charge in [-0.3, -0.25) is 4.79 Å². The van der Waals surface area contributed by atoms with Crippen molar-refractivity contribution >= 4 is 34.6 Å². The number of nitrogens with zero attached hydrogens (tertiary/aromatic N) is 3. The summed E-state index contributed by atoms with van der Waals surface area (Å²) in [6.07, 6.45) is 1.50. The maximum atomic E-state index is 11.3. The topological polar surface area (TPSA) is 117 Å². The highest BCUT2D eigenvalue weighted by atomic mass is 32.1. The van der Waals surface area contributed by atoms with Crippen LogP contribution in [0, 0.1) is 0 Å². The molecule has 0 aliphatic heterocycles. The zero-order chi connectivity index (χ0) is 14.5. The van der Waals surface area contributed by atoms with Crippen LogP contribution in [0.4, 0.5) is 5.13 Å². The van der Waals surface area contributed by atoms with Crippen molar-refractivity contribution < 1.29 is 19.2 Å². The number of ether oxygens (including phenoxy) is 1. The molecule has 0 aromatic carbocycles. The van der Waals surface area contributed by atoms with Gasteiger partial charge in [-0.25, -0.2) is 4.79 Å². The summed E-state index contributed by atoms with van der Waals surface area (Å²) in [4.78, 5) is 30.4. The van der Waals surface area contributed by atoms with Gasteiger partial charge in [0, 0.05) is 11.5 Å². The minimum atomic E-state index is -0.616. The van der Waals surface area contributed by atoms with E-state index in [-0.39, 0.29) is 16.7 Å². The van der Waals surface area contributed by atoms with E-state index in [0.717, 1.165) is 11.5 Å². The van der Waals surface area contributed by atoms with Crippen molar-refractivity contribution in [1.29, 1.82) is 0 Å². The third kappa shape index (κ3) is 5.42. The summed E-state index contributed by atoms with van der Waals surface area (Å²) in [7, 11) is 0. The van der Waals surface area contributed by atoms with Gasteiger partial charge in [0.25, 0.3) is 6.29 Å². The van der Waals surface area contributed by atoms with Gasteiger partial charge in [0.2, 0.25) is 12.4 Å². The van der Waals surface area contributed by atoms with Crippen molar-refractivity contribution in [1.82, 2.24) is 9.36 Å². The smallest absolute Gasteiger partial charge is 0.347 e. The SMILES string of the molecule is CC(C)(C)OC(=O)CON=C([C]=O)c1nsc(N)n1. The summed E-state index contributed by atoms with van der Waals surface area (Å²) in [5.41, 5.74) is 4.48. The lowest BCUT2D eigenvalue weighted by molar-refractivity contribution is -0.160. The van der Waals surface area contributed by atoms with E-state index in [1.165, 1.54) is 6.29 Å². The second kappa shape index (κ2) is 6.23. The molecule has 0 aliphatic rings. The molecule has 1 aromatic rings. The van der Waals surface area contributed by atoms with Gasteiger partial charge in [0.05, 0.1) is 0 Å². The lowest BCUT2D eigenvalue weighted by Gasteiger charge is -2.18. The van der Waals surface area contributed by atoms with Crippen LogP contribution in [0.1, 0.15) is 26.6 Å². The Labute approximate surface area is 113 Å². The number of nitrogens with two attached hydrogens (primary N) is 1. The van der Waals surface area contributed by atoms with Gasteiger partial charge in [0.1, 0.15) is 5.60 Å². The van der Waals surface area contributed by atoms with Crippen molar-refractivity contribution in [3.05, 3.63) is 5.82 Å². The lowest BCUT2D eigenvalue weighted by Crippen LogP contribution is -2.26. The van der Waals surface area contributed by atoms with E-state index < -0.39 is 18.2 Å². The monoisotopic (exact) mass is 285 g/mol. The molecule has 0 aliphatic carbocycles. The molecule has 0 atom stereocenters. The molecule has 103 valence electrons. The van der Waals surface area contributed by atoms with Gasteiger partial charge < -0.3 is 15.3 Å². The fourth-order valence-corrected chi connectivity index (χ4v) is 1.39. The van der Waals surface area contributed by atoms with Crippen LogP contribution in [0.2, 0.25) is 0 Å². The second-order valence-corrected chi connectivity index (χ2v) is 5.14. The number of aromatic nitrogens is 2. The minimum Gasteiger partial charge on any atom is -0.457 e. The molecule has 0 unspecified atom stereocenters. The first-order valence-electron chi connectivity index (χ1n) is 5.21. The number of nitrogen functional groups attached to an aromatic ring is 1. The second-order valence-electron chi connectivity index (χ2n) is 4.36. The van der Waals surface area contributed by atoms with Crippen LogP contribution in [0.5, 0.6) is 0 Å². The molecule has 19 heavy (non-hydrogen) atoms. The van der Waals surface area contributed by atoms with Crippen LogP contribution in [0.25, 0.3) is 0 Å². The number of oxime groups is 1. The molecule has 9 heteroatoms. The number of rotatable bonds is 5. The predicted molar refractivity (Wildman–Crippen MR) is 68.3 cm³/mol. The maximum absolute atomic E-state index is 11.3. The number of carbonyl (C=O) groups is 1. The Balaban J connectivity index is 2.55. The van der Waals surface area contributed by atoms with Gasteiger partial charge in [-0.15, -0.1) is 0 Å². The van der Waals surface area contributed by atoms with Crippen LogP contribution in [-0.2, 0) is 19.2 Å². The average Bonchev–Trinajstić information content (AvgIpc) is 2.68. The minimum absolute atomic E-state index is 0.00156. The molecule has 2 N–H and O–H groups in total. The first-order valence-corrected chi connectivity index (χ1v) is 5.98. The number of hydrogen-bond donors (Lipinski definition) is 1. The number of anilines is 1. The zero-order valence-corrected chi connectivity index (χ0v) is 11.5. The number of esters is 1. The Morgan fingerprint density at radius 3 is 2.68 bits per heavy atom. The first kappa shape index (κ1) is 15.0. The van der Waals surface area contributed by atoms with Crippen molar-refractivity contribution in [2.75, 3.05) is 12.3 Å². The summed E-state index contributed by atoms with van der Waals surface area (Å²) in [5, 5.41) is 3.60. The first-order chi connectivity index (χ1) is 8.81. The maximum Gasteiger partial charge on any atom is 0.347 e. The van der Waals surface area contributed by atoms with Crippen LogP contribution in [0.3, 0.4) is 0 Å². The Kier molecular flexibility index (Phi) is 4.93. The van der Waals surface area contributed by atoms with E-state index in [1.54, 1.807) is 20.8 Å². The summed E-state index contributed by atoms with van der Waals surface area (Å²) in [6, 6.07) is 0. The Morgan fingerprint density at radius 2 is 2.21 bits per heavy atom. The summed E-state index contributed by atoms with van der Waals surface area (Å²) in [6.45, 7) is 4.74. The molecular formula is C10H13N4O4S. The molecule has 0 bridgehead atoms. The van der Waals surface area contributed by atoms with Crippen LogP contribution in [-0.4, -0.2) is 39.5 Å². The standard InChI is InChI=1S/C10H13N4O4S/c1-10(2,3)18-7(16)5-17-13-6(4-15)8-12-9(11)19-14-8/h5H2,1-3H3,(H2,11,12,14). The van der Waals surface area contributed by atoms with Crippen LogP contribution < -0.4 is 5.73 Å². The van der Waals surface area contributed by atoms with Gasteiger partial charge in [-0.05, 0) is 20.8 Å². The van der Waals surface area contributed by atoms with Crippen molar-refractivity contribution in [3.8, 4) is 0 Å². The Morgan fingerprint density at radius 1 is 1.53 bits per heavy atom. The van der Waals surface area contributed by atoms with Crippen molar-refractivity contribution in [3.63, 3.8) is 0 Å². The molecule has 1 heterocycles. The molecular weight excluding hydrogens is 272 g/mol. The van der Waals surface area contributed by atoms with E-state index >= 15 is 0 Å². The highest BCUT2D eigenvalue weighted by Gasteiger charge is 2.17. The Hall–Kier alpha value is -2.03. The summed E-state index contributed by atoms with van der Waals surface area (Å²) >= 11 is 0.905. The summed E-state index contributed by atoms with van der Waals surface area (Å²) in [5.74, 6) is -0.603. The van der Waals surface area contributed by atoms with Crippen LogP contribution in [0.15, 0.2) is 5.16 Å². The fourth-order valence-electron chi connectivity index (χ4n) is 0.957. The molecule has 1 radical (unpaired) electrons. The molecule has 8 nitrogen and oxygen atoms in total. The highest BCUT2D eigenvalue weighted by Crippen LogP contribution is 2.08. The molecule has 0 saturated heterocycles. The summed E-state index contributed by atoms with van der Waals surface area (Å²) < 4.78 is 8.74. The van der Waals surface area contributed by atoms with E-state index in [1.807, 2.05) is 0 Å². The van der Waals surface area contributed by atoms with E-state index in [2.05, 4.69) is 14.5 Å². The zero-order valence-electron chi connectivity index (χ0n) is 10.7. The van der Waals surface area contributed by atoms with Gasteiger partial charge in [-0.1, -0.05) is 5.16 Å². The number of hydrogen-bond acceptors (Lipinski definition) is 9. The highest BCUT2D eigenvalue weighted by molar-refractivity contribution is 7.09. The molecule has 0 spiro atoms. The third-order valence-electron chi connectivity index (χ3n) is 1.51. The molecule has 1 rings (SSSR count). The van der Waals surface area contributed by atoms with Crippen molar-refractivity contribution in [2.24, 2.45) is 5.16 Å². The predicted octanol–water partition coefficient (Wildman–Crippen LogP) is 0.292. The molecule has 0 fully saturated rings. The molecule has 0 saturated carbocycles. The average molecular weight is 285 g/mol. The van der Waals surface area contributed by atoms with Gasteiger partial charge in [0.15, 0.2) is 10.8 Å². The largest absolute Gasteiger partial charge is 0.457 e. The van der Waals surface area contributed by atoms with Crippen LogP contribution >= 0.6 is 11.5 Å².